The van der Waals surface area contributed by atoms with E-state index >= 15 is 0 Å². The van der Waals surface area contributed by atoms with E-state index in [2.05, 4.69) is 20.6 Å². The minimum Gasteiger partial charge on any atom is -0.367 e. The lowest BCUT2D eigenvalue weighted by Gasteiger charge is -2.16. The van der Waals surface area contributed by atoms with Crippen LogP contribution in [0.2, 0.25) is 0 Å². The summed E-state index contributed by atoms with van der Waals surface area (Å²) in [6.07, 6.45) is 3.37. The van der Waals surface area contributed by atoms with Gasteiger partial charge in [-0.05, 0) is 39.3 Å². The second kappa shape index (κ2) is 5.12. The molecule has 2 heterocycles. The van der Waals surface area contributed by atoms with Gasteiger partial charge in [-0.1, -0.05) is 0 Å². The molecule has 0 amide bonds. The molecule has 88 valence electrons. The minimum absolute atomic E-state index is 0.0956. The number of aryl methyl sites for hydroxylation is 1. The van der Waals surface area contributed by atoms with Gasteiger partial charge in [-0.3, -0.25) is 4.79 Å². The van der Waals surface area contributed by atoms with E-state index in [4.69, 9.17) is 0 Å². The highest BCUT2D eigenvalue weighted by atomic mass is 16.1. The molecule has 1 fully saturated rings. The van der Waals surface area contributed by atoms with Crippen LogP contribution < -0.4 is 16.2 Å². The van der Waals surface area contributed by atoms with Crippen molar-refractivity contribution in [1.29, 1.82) is 0 Å². The lowest BCUT2D eigenvalue weighted by molar-refractivity contribution is 0.634. The highest BCUT2D eigenvalue weighted by molar-refractivity contribution is 5.34. The molecule has 3 N–H and O–H groups in total. The first-order valence-corrected chi connectivity index (χ1v) is 5.79. The van der Waals surface area contributed by atoms with Crippen LogP contribution in [0.1, 0.15) is 25.1 Å². The molecule has 5 nitrogen and oxygen atoms in total. The number of hydrogen-bond donors (Lipinski definition) is 3. The summed E-state index contributed by atoms with van der Waals surface area (Å²) in [7, 11) is 0. The van der Waals surface area contributed by atoms with Crippen molar-refractivity contribution in [3.8, 4) is 0 Å². The summed E-state index contributed by atoms with van der Waals surface area (Å²) in [4.78, 5) is 18.2. The van der Waals surface area contributed by atoms with Gasteiger partial charge in [-0.2, -0.15) is 0 Å². The molecule has 2 rings (SSSR count). The number of H-pyrrole nitrogens is 1. The van der Waals surface area contributed by atoms with E-state index in [0.29, 0.717) is 17.7 Å². The molecular formula is C11H18N4O. The number of nitrogens with zero attached hydrogens (tertiary/aromatic N) is 1. The van der Waals surface area contributed by atoms with Gasteiger partial charge in [0.25, 0.3) is 5.56 Å². The third-order valence-electron chi connectivity index (χ3n) is 2.79. The van der Waals surface area contributed by atoms with Crippen molar-refractivity contribution in [2.24, 2.45) is 0 Å². The van der Waals surface area contributed by atoms with E-state index in [1.807, 2.05) is 0 Å². The Kier molecular flexibility index (Phi) is 3.56. The number of aromatic amines is 1. The van der Waals surface area contributed by atoms with Gasteiger partial charge >= 0.3 is 0 Å². The predicted octanol–water partition coefficient (Wildman–Crippen LogP) is 0.632. The largest absolute Gasteiger partial charge is 0.367 e. The molecule has 1 unspecified atom stereocenters. The maximum absolute atomic E-state index is 11.3. The Morgan fingerprint density at radius 2 is 2.31 bits per heavy atom. The van der Waals surface area contributed by atoms with Crippen LogP contribution in [0.5, 0.6) is 0 Å². The third-order valence-corrected chi connectivity index (χ3v) is 2.79. The summed E-state index contributed by atoms with van der Waals surface area (Å²) in [5, 5.41) is 6.69. The van der Waals surface area contributed by atoms with E-state index in [0.717, 1.165) is 25.9 Å². The second-order valence-corrected chi connectivity index (χ2v) is 4.24. The van der Waals surface area contributed by atoms with Crippen molar-refractivity contribution in [3.63, 3.8) is 0 Å². The molecule has 1 aliphatic heterocycles. The van der Waals surface area contributed by atoms with Crippen LogP contribution in [0.25, 0.3) is 0 Å². The van der Waals surface area contributed by atoms with Gasteiger partial charge in [0.05, 0.1) is 0 Å². The number of rotatable bonds is 2. The fraction of sp³-hybridized carbons (Fsp3) is 0.636. The zero-order valence-electron chi connectivity index (χ0n) is 9.55. The molecular weight excluding hydrogens is 204 g/mol. The van der Waals surface area contributed by atoms with Gasteiger partial charge in [0, 0.05) is 12.1 Å². The number of aromatic nitrogens is 2. The molecule has 0 saturated carbocycles. The zero-order valence-corrected chi connectivity index (χ0v) is 9.55. The SMILES string of the molecule is Cc1nc(NC2CCCNCC2)cc(=O)[nH]1. The Balaban J connectivity index is 2.04. The molecule has 16 heavy (non-hydrogen) atoms. The monoisotopic (exact) mass is 222 g/mol. The second-order valence-electron chi connectivity index (χ2n) is 4.24. The van der Waals surface area contributed by atoms with Gasteiger partial charge in [0.15, 0.2) is 0 Å². The Bertz CT molecular complexity index is 393. The van der Waals surface area contributed by atoms with E-state index in [1.165, 1.54) is 12.5 Å². The summed E-state index contributed by atoms with van der Waals surface area (Å²) >= 11 is 0. The summed E-state index contributed by atoms with van der Waals surface area (Å²) in [5.41, 5.74) is -0.0956. The fourth-order valence-electron chi connectivity index (χ4n) is 2.03. The van der Waals surface area contributed by atoms with E-state index in [9.17, 15) is 4.79 Å². The maximum atomic E-state index is 11.3. The summed E-state index contributed by atoms with van der Waals surface area (Å²) in [5.74, 6) is 1.34. The molecule has 0 aromatic carbocycles. The lowest BCUT2D eigenvalue weighted by Crippen LogP contribution is -2.23. The molecule has 1 saturated heterocycles. The minimum atomic E-state index is -0.0956. The Morgan fingerprint density at radius 3 is 3.12 bits per heavy atom. The highest BCUT2D eigenvalue weighted by Gasteiger charge is 2.12. The number of hydrogen-bond acceptors (Lipinski definition) is 4. The van der Waals surface area contributed by atoms with Crippen molar-refractivity contribution >= 4 is 5.82 Å². The van der Waals surface area contributed by atoms with E-state index in [1.54, 1.807) is 6.92 Å². The number of anilines is 1. The average molecular weight is 222 g/mol. The molecule has 1 atom stereocenters. The molecule has 1 aromatic rings. The van der Waals surface area contributed by atoms with Crippen molar-refractivity contribution in [2.75, 3.05) is 18.4 Å². The molecule has 5 heteroatoms. The van der Waals surface area contributed by atoms with Crippen molar-refractivity contribution in [2.45, 2.75) is 32.2 Å². The predicted molar refractivity (Wildman–Crippen MR) is 63.7 cm³/mol. The molecule has 0 aliphatic carbocycles. The van der Waals surface area contributed by atoms with Crippen LogP contribution in [0, 0.1) is 6.92 Å². The summed E-state index contributed by atoms with van der Waals surface area (Å²) < 4.78 is 0. The van der Waals surface area contributed by atoms with Gasteiger partial charge in [-0.25, -0.2) is 4.98 Å². The van der Waals surface area contributed by atoms with Crippen LogP contribution in [0.4, 0.5) is 5.82 Å². The summed E-state index contributed by atoms with van der Waals surface area (Å²) in [6.45, 7) is 3.90. The highest BCUT2D eigenvalue weighted by Crippen LogP contribution is 2.10. The van der Waals surface area contributed by atoms with Gasteiger partial charge < -0.3 is 15.6 Å². The lowest BCUT2D eigenvalue weighted by atomic mass is 10.1. The van der Waals surface area contributed by atoms with Crippen LogP contribution >= 0.6 is 0 Å². The van der Waals surface area contributed by atoms with Crippen LogP contribution in [-0.4, -0.2) is 29.1 Å². The van der Waals surface area contributed by atoms with Crippen LogP contribution in [0.15, 0.2) is 10.9 Å². The van der Waals surface area contributed by atoms with Gasteiger partial charge in [0.1, 0.15) is 11.6 Å². The zero-order chi connectivity index (χ0) is 11.4. The summed E-state index contributed by atoms with van der Waals surface area (Å²) in [6, 6.07) is 1.94. The van der Waals surface area contributed by atoms with Gasteiger partial charge in [0.2, 0.25) is 0 Å². The molecule has 0 bridgehead atoms. The normalized spacial score (nSPS) is 21.4. The van der Waals surface area contributed by atoms with E-state index < -0.39 is 0 Å². The first-order chi connectivity index (χ1) is 7.74. The number of nitrogens with one attached hydrogen (secondary N) is 3. The quantitative estimate of drug-likeness (QED) is 0.686. The van der Waals surface area contributed by atoms with Gasteiger partial charge in [-0.15, -0.1) is 0 Å². The van der Waals surface area contributed by atoms with Crippen molar-refractivity contribution < 1.29 is 0 Å². The Labute approximate surface area is 94.7 Å². The smallest absolute Gasteiger partial charge is 0.252 e. The Morgan fingerprint density at radius 1 is 1.44 bits per heavy atom. The van der Waals surface area contributed by atoms with Crippen molar-refractivity contribution in [1.82, 2.24) is 15.3 Å². The third kappa shape index (κ3) is 3.06. The van der Waals surface area contributed by atoms with E-state index in [-0.39, 0.29) is 5.56 Å². The maximum Gasteiger partial charge on any atom is 0.252 e. The molecule has 0 radical (unpaired) electrons. The molecule has 1 aliphatic rings. The standard InChI is InChI=1S/C11H18N4O/c1-8-13-10(7-11(16)14-8)15-9-3-2-5-12-6-4-9/h7,9,12H,2-6H2,1H3,(H2,13,14,15,16). The van der Waals surface area contributed by atoms with Crippen LogP contribution in [-0.2, 0) is 0 Å². The Hall–Kier alpha value is -1.36. The topological polar surface area (TPSA) is 69.8 Å². The first kappa shape index (κ1) is 11.1. The average Bonchev–Trinajstić information content (AvgIpc) is 2.44. The molecule has 1 aromatic heterocycles. The fourth-order valence-corrected chi connectivity index (χ4v) is 2.03. The first-order valence-electron chi connectivity index (χ1n) is 5.79. The van der Waals surface area contributed by atoms with Crippen LogP contribution in [0.3, 0.4) is 0 Å². The molecule has 0 spiro atoms. The van der Waals surface area contributed by atoms with Crippen molar-refractivity contribution in [3.05, 3.63) is 22.2 Å².